The number of carbonyl (C=O) groups is 2. The van der Waals surface area contributed by atoms with Crippen molar-refractivity contribution < 1.29 is 19.4 Å². The third-order valence-electron chi connectivity index (χ3n) is 7.29. The van der Waals surface area contributed by atoms with Crippen molar-refractivity contribution in [3.63, 3.8) is 0 Å². The molecule has 2 bridgehead atoms. The Kier molecular flexibility index (Phi) is 4.25. The highest BCUT2D eigenvalue weighted by molar-refractivity contribution is 6.26. The number of aliphatic hydroxyl groups excluding tert-OH is 1. The molecule has 2 unspecified atom stereocenters. The van der Waals surface area contributed by atoms with Gasteiger partial charge in [-0.05, 0) is 31.4 Å². The minimum absolute atomic E-state index is 0.0767. The average Bonchev–Trinajstić information content (AvgIpc) is 3.34. The zero-order valence-electron chi connectivity index (χ0n) is 16.9. The van der Waals surface area contributed by atoms with E-state index in [2.05, 4.69) is 13.0 Å². The van der Waals surface area contributed by atoms with Crippen LogP contribution in [0.25, 0.3) is 10.8 Å². The van der Waals surface area contributed by atoms with E-state index in [9.17, 15) is 20.0 Å². The number of amides is 2. The predicted molar refractivity (Wildman–Crippen MR) is 111 cm³/mol. The van der Waals surface area contributed by atoms with Gasteiger partial charge in [0.05, 0.1) is 40.4 Å². The number of aliphatic hydroxyl groups is 1. The Morgan fingerprint density at radius 1 is 1.07 bits per heavy atom. The molecule has 0 saturated carbocycles. The summed E-state index contributed by atoms with van der Waals surface area (Å²) in [5.74, 6) is -1.54. The number of anilines is 1. The van der Waals surface area contributed by atoms with E-state index in [1.807, 2.05) is 24.3 Å². The quantitative estimate of drug-likeness (QED) is 0.772. The van der Waals surface area contributed by atoms with Crippen LogP contribution in [0.3, 0.4) is 0 Å². The van der Waals surface area contributed by atoms with Crippen LogP contribution >= 0.6 is 0 Å². The molecule has 0 aliphatic carbocycles. The maximum atomic E-state index is 13.7. The summed E-state index contributed by atoms with van der Waals surface area (Å²) >= 11 is 0. The summed E-state index contributed by atoms with van der Waals surface area (Å²) in [5, 5.41) is 20.6. The van der Waals surface area contributed by atoms with Crippen molar-refractivity contribution in [1.29, 1.82) is 5.26 Å². The van der Waals surface area contributed by atoms with Crippen molar-refractivity contribution in [3.8, 4) is 6.07 Å². The number of imide groups is 1. The molecule has 3 aliphatic rings. The number of hydrogen-bond donors (Lipinski definition) is 1. The van der Waals surface area contributed by atoms with Crippen LogP contribution in [0, 0.1) is 23.2 Å². The molecule has 154 valence electrons. The zero-order valence-corrected chi connectivity index (χ0v) is 16.9. The van der Waals surface area contributed by atoms with Gasteiger partial charge in [0, 0.05) is 23.8 Å². The summed E-state index contributed by atoms with van der Waals surface area (Å²) in [4.78, 5) is 28.7. The van der Waals surface area contributed by atoms with E-state index < -0.39 is 23.0 Å². The Morgan fingerprint density at radius 3 is 2.30 bits per heavy atom. The highest BCUT2D eigenvalue weighted by Gasteiger charge is 2.74. The number of nitriles is 1. The van der Waals surface area contributed by atoms with Crippen molar-refractivity contribution >= 4 is 28.3 Å². The summed E-state index contributed by atoms with van der Waals surface area (Å²) in [6.45, 7) is 1.98. The first-order chi connectivity index (χ1) is 14.5. The Labute approximate surface area is 175 Å². The topological polar surface area (TPSA) is 90.6 Å². The van der Waals surface area contributed by atoms with Crippen molar-refractivity contribution in [2.75, 3.05) is 11.5 Å². The third kappa shape index (κ3) is 2.31. The average molecular weight is 404 g/mol. The molecule has 2 aromatic carbocycles. The largest absolute Gasteiger partial charge is 0.396 e. The molecule has 3 fully saturated rings. The number of hydrogen-bond acceptors (Lipinski definition) is 5. The van der Waals surface area contributed by atoms with Gasteiger partial charge in [-0.15, -0.1) is 0 Å². The number of ether oxygens (including phenoxy) is 1. The van der Waals surface area contributed by atoms with Gasteiger partial charge < -0.3 is 9.84 Å². The minimum Gasteiger partial charge on any atom is -0.396 e. The highest BCUT2D eigenvalue weighted by atomic mass is 16.5. The summed E-state index contributed by atoms with van der Waals surface area (Å²) < 4.78 is 6.47. The molecule has 4 atom stereocenters. The molecule has 2 amide bonds. The molecule has 3 aliphatic heterocycles. The van der Waals surface area contributed by atoms with Gasteiger partial charge in [0.25, 0.3) is 0 Å². The van der Waals surface area contributed by atoms with Crippen LogP contribution in [0.15, 0.2) is 36.4 Å². The summed E-state index contributed by atoms with van der Waals surface area (Å²) in [7, 11) is 0. The lowest BCUT2D eigenvalue weighted by molar-refractivity contribution is -0.132. The number of carbonyl (C=O) groups excluding carboxylic acids is 2. The molecular weight excluding hydrogens is 380 g/mol. The van der Waals surface area contributed by atoms with E-state index in [1.54, 1.807) is 12.1 Å². The van der Waals surface area contributed by atoms with Crippen LogP contribution in [-0.4, -0.2) is 34.7 Å². The standard InChI is InChI=1S/C24H24N2O4/c1-2-9-23-10-11-24(30-23,12-13-27)20-19(23)21(28)26(22(20)29)18-8-7-15(14-25)16-5-3-4-6-17(16)18/h3-8,19-20,27H,2,9-13H2,1H3/t19-,20+,23?,24?/m1/s1. The Morgan fingerprint density at radius 2 is 1.70 bits per heavy atom. The molecule has 0 spiro atoms. The molecule has 3 saturated heterocycles. The van der Waals surface area contributed by atoms with E-state index in [4.69, 9.17) is 4.74 Å². The fraction of sp³-hybridized carbons (Fsp3) is 0.458. The molecule has 6 heteroatoms. The van der Waals surface area contributed by atoms with Crippen LogP contribution in [0.5, 0.6) is 0 Å². The van der Waals surface area contributed by atoms with Gasteiger partial charge in [-0.1, -0.05) is 37.6 Å². The third-order valence-corrected chi connectivity index (χ3v) is 7.29. The molecule has 5 rings (SSSR count). The number of rotatable bonds is 5. The lowest BCUT2D eigenvalue weighted by atomic mass is 9.65. The first-order valence-corrected chi connectivity index (χ1v) is 10.6. The number of fused-ring (bicyclic) bond motifs is 6. The monoisotopic (exact) mass is 404 g/mol. The molecule has 0 aromatic heterocycles. The second kappa shape index (κ2) is 6.63. The van der Waals surface area contributed by atoms with Gasteiger partial charge in [-0.3, -0.25) is 9.59 Å². The van der Waals surface area contributed by atoms with Crippen molar-refractivity contribution in [2.24, 2.45) is 11.8 Å². The Hall–Kier alpha value is -2.75. The second-order valence-corrected chi connectivity index (χ2v) is 8.71. The zero-order chi connectivity index (χ0) is 21.1. The fourth-order valence-electron chi connectivity index (χ4n) is 6.19. The molecule has 30 heavy (non-hydrogen) atoms. The maximum absolute atomic E-state index is 13.7. The normalized spacial score (nSPS) is 32.1. The number of nitrogens with zero attached hydrogens (tertiary/aromatic N) is 2. The van der Waals surface area contributed by atoms with Gasteiger partial charge in [0.15, 0.2) is 0 Å². The summed E-state index contributed by atoms with van der Waals surface area (Å²) in [5.41, 5.74) is -0.354. The van der Waals surface area contributed by atoms with Crippen LogP contribution in [0.2, 0.25) is 0 Å². The Balaban J connectivity index is 1.66. The molecule has 0 radical (unpaired) electrons. The molecule has 1 N–H and O–H groups in total. The highest BCUT2D eigenvalue weighted by Crippen LogP contribution is 2.64. The van der Waals surface area contributed by atoms with E-state index >= 15 is 0 Å². The lowest BCUT2D eigenvalue weighted by Gasteiger charge is -2.31. The molecule has 3 heterocycles. The second-order valence-electron chi connectivity index (χ2n) is 8.71. The van der Waals surface area contributed by atoms with Crippen LogP contribution in [0.4, 0.5) is 5.69 Å². The smallest absolute Gasteiger partial charge is 0.240 e. The first kappa shape index (κ1) is 19.2. The molecule has 2 aromatic rings. The van der Waals surface area contributed by atoms with Gasteiger partial charge in [0.1, 0.15) is 0 Å². The summed E-state index contributed by atoms with van der Waals surface area (Å²) in [6, 6.07) is 12.9. The van der Waals surface area contributed by atoms with Gasteiger partial charge >= 0.3 is 0 Å². The Bertz CT molecular complexity index is 1070. The number of benzene rings is 2. The van der Waals surface area contributed by atoms with E-state index in [0.717, 1.165) is 24.6 Å². The molecule has 6 nitrogen and oxygen atoms in total. The molecular formula is C24H24N2O4. The van der Waals surface area contributed by atoms with E-state index in [0.29, 0.717) is 29.5 Å². The van der Waals surface area contributed by atoms with Crippen molar-refractivity contribution in [3.05, 3.63) is 42.0 Å². The predicted octanol–water partition coefficient (Wildman–Crippen LogP) is 3.30. The fourth-order valence-corrected chi connectivity index (χ4v) is 6.19. The van der Waals surface area contributed by atoms with Gasteiger partial charge in [0.2, 0.25) is 11.8 Å². The van der Waals surface area contributed by atoms with Crippen molar-refractivity contribution in [2.45, 2.75) is 50.2 Å². The van der Waals surface area contributed by atoms with Crippen LogP contribution in [-0.2, 0) is 14.3 Å². The van der Waals surface area contributed by atoms with E-state index in [1.165, 1.54) is 4.90 Å². The van der Waals surface area contributed by atoms with Crippen molar-refractivity contribution in [1.82, 2.24) is 0 Å². The maximum Gasteiger partial charge on any atom is 0.240 e. The summed E-state index contributed by atoms with van der Waals surface area (Å²) in [6.07, 6.45) is 3.38. The van der Waals surface area contributed by atoms with Crippen LogP contribution in [0.1, 0.15) is 44.6 Å². The first-order valence-electron chi connectivity index (χ1n) is 10.6. The van der Waals surface area contributed by atoms with Crippen LogP contribution < -0.4 is 4.90 Å². The lowest BCUT2D eigenvalue weighted by Crippen LogP contribution is -2.43. The van der Waals surface area contributed by atoms with E-state index in [-0.39, 0.29) is 18.4 Å². The van der Waals surface area contributed by atoms with Gasteiger partial charge in [-0.2, -0.15) is 5.26 Å². The van der Waals surface area contributed by atoms with Gasteiger partial charge in [-0.25, -0.2) is 4.90 Å². The SMILES string of the molecule is CCCC12CCC(CCO)(O1)[C@@H]1C(=O)N(c3ccc(C#N)c4ccccc34)C(=O)[C@@H]12. The minimum atomic E-state index is -0.765.